The Hall–Kier alpha value is -2.21. The first kappa shape index (κ1) is 12.8. The normalized spacial score (nSPS) is 10.9. The zero-order chi connectivity index (χ0) is 14.1. The van der Waals surface area contributed by atoms with Crippen molar-refractivity contribution in [3.05, 3.63) is 52.3 Å². The highest BCUT2D eigenvalue weighted by atomic mass is 32.1. The fourth-order valence-corrected chi connectivity index (χ4v) is 2.83. The Kier molecular flexibility index (Phi) is 3.23. The van der Waals surface area contributed by atoms with E-state index in [0.29, 0.717) is 12.1 Å². The SMILES string of the molecule is Cc1cccc(C(=O)NCc2nn3cc(C)nc3s2)c1. The topological polar surface area (TPSA) is 59.3 Å². The second-order valence-electron chi connectivity index (χ2n) is 4.66. The Morgan fingerprint density at radius 1 is 1.40 bits per heavy atom. The first-order chi connectivity index (χ1) is 9.61. The molecule has 0 bridgehead atoms. The van der Waals surface area contributed by atoms with Gasteiger partial charge in [-0.1, -0.05) is 29.0 Å². The number of hydrogen-bond donors (Lipinski definition) is 1. The van der Waals surface area contributed by atoms with Gasteiger partial charge in [0, 0.05) is 5.56 Å². The number of carbonyl (C=O) groups excluding carboxylic acids is 1. The fraction of sp³-hybridized carbons (Fsp3) is 0.214. The van der Waals surface area contributed by atoms with Gasteiger partial charge in [0.1, 0.15) is 5.01 Å². The lowest BCUT2D eigenvalue weighted by Gasteiger charge is -2.03. The molecule has 6 heteroatoms. The molecule has 0 aliphatic rings. The van der Waals surface area contributed by atoms with Gasteiger partial charge in [-0.05, 0) is 26.0 Å². The van der Waals surface area contributed by atoms with Crippen LogP contribution in [-0.4, -0.2) is 20.5 Å². The smallest absolute Gasteiger partial charge is 0.251 e. The van der Waals surface area contributed by atoms with Crippen LogP contribution >= 0.6 is 11.3 Å². The van der Waals surface area contributed by atoms with E-state index in [2.05, 4.69) is 15.4 Å². The minimum atomic E-state index is -0.0854. The molecular formula is C14H14N4OS. The molecule has 3 aromatic rings. The summed E-state index contributed by atoms with van der Waals surface area (Å²) in [5.74, 6) is -0.0854. The molecule has 1 amide bonds. The van der Waals surface area contributed by atoms with Gasteiger partial charge in [0.05, 0.1) is 18.4 Å². The van der Waals surface area contributed by atoms with Crippen LogP contribution in [0.25, 0.3) is 4.96 Å². The number of aromatic nitrogens is 3. The van der Waals surface area contributed by atoms with Crippen LogP contribution in [0, 0.1) is 13.8 Å². The van der Waals surface area contributed by atoms with Crippen LogP contribution in [0.4, 0.5) is 0 Å². The second-order valence-corrected chi connectivity index (χ2v) is 5.70. The molecule has 0 aliphatic heterocycles. The number of hydrogen-bond acceptors (Lipinski definition) is 4. The summed E-state index contributed by atoms with van der Waals surface area (Å²) in [5, 5.41) is 8.09. The van der Waals surface area contributed by atoms with Gasteiger partial charge in [0.15, 0.2) is 0 Å². The summed E-state index contributed by atoms with van der Waals surface area (Å²) >= 11 is 1.48. The number of benzene rings is 1. The third-order valence-electron chi connectivity index (χ3n) is 2.89. The molecule has 2 aromatic heterocycles. The summed E-state index contributed by atoms with van der Waals surface area (Å²) in [4.78, 5) is 17.2. The Balaban J connectivity index is 1.69. The molecule has 0 saturated carbocycles. The summed E-state index contributed by atoms with van der Waals surface area (Å²) in [5.41, 5.74) is 2.68. The standard InChI is InChI=1S/C14H14N4OS/c1-9-4-3-5-11(6-9)13(19)15-7-12-17-18-8-10(2)16-14(18)20-12/h3-6,8H,7H2,1-2H3,(H,15,19). The van der Waals surface area contributed by atoms with Crippen molar-refractivity contribution in [2.75, 3.05) is 0 Å². The predicted molar refractivity (Wildman–Crippen MR) is 78.0 cm³/mol. The average molecular weight is 286 g/mol. The maximum atomic E-state index is 12.0. The molecule has 0 spiro atoms. The molecular weight excluding hydrogens is 272 g/mol. The average Bonchev–Trinajstić information content (AvgIpc) is 2.92. The lowest BCUT2D eigenvalue weighted by atomic mass is 10.1. The predicted octanol–water partition coefficient (Wildman–Crippen LogP) is 2.34. The van der Waals surface area contributed by atoms with E-state index in [-0.39, 0.29) is 5.91 Å². The van der Waals surface area contributed by atoms with E-state index in [1.807, 2.05) is 38.2 Å². The molecule has 0 radical (unpaired) electrons. The van der Waals surface area contributed by atoms with E-state index in [1.54, 1.807) is 10.6 Å². The van der Waals surface area contributed by atoms with Gasteiger partial charge in [-0.3, -0.25) is 4.79 Å². The van der Waals surface area contributed by atoms with Crippen LogP contribution in [0.2, 0.25) is 0 Å². The highest BCUT2D eigenvalue weighted by Gasteiger charge is 2.09. The molecule has 0 atom stereocenters. The molecule has 3 rings (SSSR count). The molecule has 0 aliphatic carbocycles. The second kappa shape index (κ2) is 5.05. The first-order valence-corrected chi connectivity index (χ1v) is 7.10. The van der Waals surface area contributed by atoms with E-state index >= 15 is 0 Å². The number of imidazole rings is 1. The zero-order valence-electron chi connectivity index (χ0n) is 11.3. The Bertz CT molecular complexity index is 743. The van der Waals surface area contributed by atoms with Gasteiger partial charge in [-0.15, -0.1) is 0 Å². The largest absolute Gasteiger partial charge is 0.345 e. The highest BCUT2D eigenvalue weighted by Crippen LogP contribution is 2.14. The number of fused-ring (bicyclic) bond motifs is 1. The van der Waals surface area contributed by atoms with Crippen molar-refractivity contribution in [1.82, 2.24) is 19.9 Å². The molecule has 0 saturated heterocycles. The summed E-state index contributed by atoms with van der Waals surface area (Å²) in [7, 11) is 0. The van der Waals surface area contributed by atoms with Gasteiger partial charge in [-0.25, -0.2) is 9.50 Å². The van der Waals surface area contributed by atoms with Gasteiger partial charge < -0.3 is 5.32 Å². The van der Waals surface area contributed by atoms with Crippen LogP contribution in [0.3, 0.4) is 0 Å². The van der Waals surface area contributed by atoms with Crippen LogP contribution in [0.1, 0.15) is 26.6 Å². The van der Waals surface area contributed by atoms with Crippen molar-refractivity contribution < 1.29 is 4.79 Å². The van der Waals surface area contributed by atoms with Crippen molar-refractivity contribution in [3.63, 3.8) is 0 Å². The van der Waals surface area contributed by atoms with Crippen molar-refractivity contribution in [2.45, 2.75) is 20.4 Å². The number of rotatable bonds is 3. The van der Waals surface area contributed by atoms with Crippen molar-refractivity contribution in [1.29, 1.82) is 0 Å². The van der Waals surface area contributed by atoms with E-state index < -0.39 is 0 Å². The lowest BCUT2D eigenvalue weighted by molar-refractivity contribution is 0.0950. The monoisotopic (exact) mass is 286 g/mol. The molecule has 5 nitrogen and oxygen atoms in total. The number of aryl methyl sites for hydroxylation is 2. The summed E-state index contributed by atoms with van der Waals surface area (Å²) in [6.07, 6.45) is 1.87. The zero-order valence-corrected chi connectivity index (χ0v) is 12.1. The summed E-state index contributed by atoms with van der Waals surface area (Å²) in [6.45, 7) is 4.31. The Morgan fingerprint density at radius 2 is 2.25 bits per heavy atom. The number of nitrogens with zero attached hydrogens (tertiary/aromatic N) is 3. The van der Waals surface area contributed by atoms with Gasteiger partial charge in [0.25, 0.3) is 5.91 Å². The number of carbonyl (C=O) groups is 1. The van der Waals surface area contributed by atoms with Crippen molar-refractivity contribution >= 4 is 22.2 Å². The van der Waals surface area contributed by atoms with E-state index in [0.717, 1.165) is 21.2 Å². The van der Waals surface area contributed by atoms with Gasteiger partial charge in [-0.2, -0.15) is 5.10 Å². The van der Waals surface area contributed by atoms with Crippen LogP contribution in [-0.2, 0) is 6.54 Å². The van der Waals surface area contributed by atoms with Crippen molar-refractivity contribution in [2.24, 2.45) is 0 Å². The van der Waals surface area contributed by atoms with Crippen LogP contribution < -0.4 is 5.32 Å². The molecule has 1 N–H and O–H groups in total. The molecule has 0 fully saturated rings. The minimum absolute atomic E-state index is 0.0854. The van der Waals surface area contributed by atoms with E-state index in [9.17, 15) is 4.79 Å². The third kappa shape index (κ3) is 2.55. The minimum Gasteiger partial charge on any atom is -0.345 e. The fourth-order valence-electron chi connectivity index (χ4n) is 1.97. The van der Waals surface area contributed by atoms with Crippen molar-refractivity contribution in [3.8, 4) is 0 Å². The lowest BCUT2D eigenvalue weighted by Crippen LogP contribution is -2.22. The molecule has 1 aromatic carbocycles. The van der Waals surface area contributed by atoms with Crippen LogP contribution in [0.15, 0.2) is 30.5 Å². The molecule has 102 valence electrons. The molecule has 20 heavy (non-hydrogen) atoms. The van der Waals surface area contributed by atoms with E-state index in [1.165, 1.54) is 11.3 Å². The molecule has 2 heterocycles. The Labute approximate surface area is 120 Å². The van der Waals surface area contributed by atoms with Gasteiger partial charge in [0.2, 0.25) is 4.96 Å². The van der Waals surface area contributed by atoms with Crippen LogP contribution in [0.5, 0.6) is 0 Å². The maximum Gasteiger partial charge on any atom is 0.251 e. The quantitative estimate of drug-likeness (QED) is 0.804. The molecule has 0 unspecified atom stereocenters. The maximum absolute atomic E-state index is 12.0. The van der Waals surface area contributed by atoms with E-state index in [4.69, 9.17) is 0 Å². The number of nitrogens with one attached hydrogen (secondary N) is 1. The summed E-state index contributed by atoms with van der Waals surface area (Å²) in [6, 6.07) is 7.52. The summed E-state index contributed by atoms with van der Waals surface area (Å²) < 4.78 is 1.74. The third-order valence-corrected chi connectivity index (χ3v) is 3.81. The van der Waals surface area contributed by atoms with Gasteiger partial charge >= 0.3 is 0 Å². The first-order valence-electron chi connectivity index (χ1n) is 6.28. The highest BCUT2D eigenvalue weighted by molar-refractivity contribution is 7.16. The number of amides is 1. The Morgan fingerprint density at radius 3 is 3.00 bits per heavy atom.